The Kier molecular flexibility index (Phi) is 5.07. The van der Waals surface area contributed by atoms with E-state index in [2.05, 4.69) is 0 Å². The van der Waals surface area contributed by atoms with E-state index in [0.29, 0.717) is 25.4 Å². The molecule has 1 aliphatic carbocycles. The molecule has 6 heteroatoms. The molecule has 1 heterocycles. The summed E-state index contributed by atoms with van der Waals surface area (Å²) in [5, 5.41) is 0. The van der Waals surface area contributed by atoms with Crippen molar-refractivity contribution in [2.45, 2.75) is 57.5 Å². The lowest BCUT2D eigenvalue weighted by Crippen LogP contribution is -2.44. The van der Waals surface area contributed by atoms with Gasteiger partial charge in [-0.3, -0.25) is 4.79 Å². The smallest absolute Gasteiger partial charge is 0.223 e. The summed E-state index contributed by atoms with van der Waals surface area (Å²) < 4.78 is 22.9. The first-order valence-electron chi connectivity index (χ1n) is 7.66. The molecule has 0 spiro atoms. The average molecular weight is 302 g/mol. The lowest BCUT2D eigenvalue weighted by molar-refractivity contribution is -0.134. The van der Waals surface area contributed by atoms with Crippen LogP contribution >= 0.6 is 0 Å². The van der Waals surface area contributed by atoms with Crippen molar-refractivity contribution in [2.24, 2.45) is 11.7 Å². The molecule has 1 amide bonds. The van der Waals surface area contributed by atoms with Crippen molar-refractivity contribution in [1.82, 2.24) is 4.90 Å². The highest BCUT2D eigenvalue weighted by atomic mass is 32.2. The molecule has 20 heavy (non-hydrogen) atoms. The van der Waals surface area contributed by atoms with Crippen LogP contribution < -0.4 is 5.73 Å². The van der Waals surface area contributed by atoms with E-state index >= 15 is 0 Å². The van der Waals surface area contributed by atoms with Gasteiger partial charge in [0.05, 0.1) is 11.5 Å². The monoisotopic (exact) mass is 302 g/mol. The standard InChI is InChI=1S/C14H26N2O3S/c1-2-16(13-5-3-12(15)4-6-13)14(17)9-11-7-8-20(18,19)10-11/h11-13H,2-10,15H2,1H3. The molecular weight excluding hydrogens is 276 g/mol. The Morgan fingerprint density at radius 1 is 1.20 bits per heavy atom. The van der Waals surface area contributed by atoms with Gasteiger partial charge < -0.3 is 10.6 Å². The van der Waals surface area contributed by atoms with Gasteiger partial charge >= 0.3 is 0 Å². The third-order valence-corrected chi connectivity index (χ3v) is 6.47. The van der Waals surface area contributed by atoms with Crippen LogP contribution in [0.15, 0.2) is 0 Å². The number of nitrogens with zero attached hydrogens (tertiary/aromatic N) is 1. The second-order valence-electron chi connectivity index (χ2n) is 6.22. The Labute approximate surface area is 121 Å². The predicted molar refractivity (Wildman–Crippen MR) is 79.0 cm³/mol. The van der Waals surface area contributed by atoms with E-state index in [4.69, 9.17) is 5.73 Å². The molecule has 1 atom stereocenters. The number of rotatable bonds is 4. The van der Waals surface area contributed by atoms with Crippen molar-refractivity contribution >= 4 is 15.7 Å². The fourth-order valence-electron chi connectivity index (χ4n) is 3.45. The van der Waals surface area contributed by atoms with Crippen LogP contribution in [0.25, 0.3) is 0 Å². The highest BCUT2D eigenvalue weighted by Crippen LogP contribution is 2.26. The summed E-state index contributed by atoms with van der Waals surface area (Å²) in [4.78, 5) is 14.4. The van der Waals surface area contributed by atoms with Gasteiger partial charge in [0.15, 0.2) is 9.84 Å². The van der Waals surface area contributed by atoms with Crippen molar-refractivity contribution in [3.63, 3.8) is 0 Å². The van der Waals surface area contributed by atoms with Crippen LogP contribution in [0.4, 0.5) is 0 Å². The van der Waals surface area contributed by atoms with Gasteiger partial charge in [-0.15, -0.1) is 0 Å². The number of hydrogen-bond acceptors (Lipinski definition) is 4. The molecule has 0 radical (unpaired) electrons. The lowest BCUT2D eigenvalue weighted by Gasteiger charge is -2.36. The van der Waals surface area contributed by atoms with Crippen molar-refractivity contribution in [2.75, 3.05) is 18.1 Å². The Bertz CT molecular complexity index is 441. The predicted octanol–water partition coefficient (Wildman–Crippen LogP) is 0.930. The van der Waals surface area contributed by atoms with Crippen molar-refractivity contribution in [3.8, 4) is 0 Å². The number of amides is 1. The average Bonchev–Trinajstić information content (AvgIpc) is 2.72. The fraction of sp³-hybridized carbons (Fsp3) is 0.929. The van der Waals surface area contributed by atoms with E-state index in [1.165, 1.54) is 0 Å². The van der Waals surface area contributed by atoms with E-state index in [9.17, 15) is 13.2 Å². The highest BCUT2D eigenvalue weighted by molar-refractivity contribution is 7.91. The lowest BCUT2D eigenvalue weighted by atomic mass is 9.90. The molecule has 0 bridgehead atoms. The van der Waals surface area contributed by atoms with Gasteiger partial charge in [0.25, 0.3) is 0 Å². The van der Waals surface area contributed by atoms with Crippen LogP contribution in [-0.4, -0.2) is 49.4 Å². The number of sulfone groups is 1. The van der Waals surface area contributed by atoms with Crippen LogP contribution in [0.5, 0.6) is 0 Å². The zero-order valence-corrected chi connectivity index (χ0v) is 13.1. The summed E-state index contributed by atoms with van der Waals surface area (Å²) in [5.74, 6) is 0.573. The van der Waals surface area contributed by atoms with Gasteiger partial charge in [0.1, 0.15) is 0 Å². The molecule has 1 unspecified atom stereocenters. The fourth-order valence-corrected chi connectivity index (χ4v) is 5.31. The van der Waals surface area contributed by atoms with Crippen LogP contribution in [0.1, 0.15) is 45.4 Å². The Morgan fingerprint density at radius 3 is 2.35 bits per heavy atom. The maximum Gasteiger partial charge on any atom is 0.223 e. The Balaban J connectivity index is 1.89. The zero-order chi connectivity index (χ0) is 14.8. The van der Waals surface area contributed by atoms with Crippen molar-refractivity contribution in [1.29, 1.82) is 0 Å². The molecule has 1 aliphatic heterocycles. The van der Waals surface area contributed by atoms with Crippen LogP contribution in [0, 0.1) is 5.92 Å². The first-order chi connectivity index (χ1) is 9.41. The minimum absolute atomic E-state index is 0.0207. The van der Waals surface area contributed by atoms with Gasteiger partial charge in [-0.2, -0.15) is 0 Å². The van der Waals surface area contributed by atoms with Gasteiger partial charge in [0, 0.05) is 25.0 Å². The molecule has 0 aromatic carbocycles. The molecule has 5 nitrogen and oxygen atoms in total. The van der Waals surface area contributed by atoms with Gasteiger partial charge in [-0.05, 0) is 44.9 Å². The van der Waals surface area contributed by atoms with Crippen LogP contribution in [0.2, 0.25) is 0 Å². The maximum absolute atomic E-state index is 12.4. The van der Waals surface area contributed by atoms with Gasteiger partial charge in [-0.1, -0.05) is 0 Å². The largest absolute Gasteiger partial charge is 0.340 e. The Hall–Kier alpha value is -0.620. The first kappa shape index (κ1) is 15.8. The van der Waals surface area contributed by atoms with Crippen LogP contribution in [-0.2, 0) is 14.6 Å². The molecule has 1 saturated heterocycles. The molecular formula is C14H26N2O3S. The number of carbonyl (C=O) groups excluding carboxylic acids is 1. The maximum atomic E-state index is 12.4. The zero-order valence-electron chi connectivity index (χ0n) is 12.3. The van der Waals surface area contributed by atoms with E-state index in [-0.39, 0.29) is 29.4 Å². The molecule has 0 aromatic rings. The van der Waals surface area contributed by atoms with E-state index in [0.717, 1.165) is 25.7 Å². The number of carbonyl (C=O) groups is 1. The van der Waals surface area contributed by atoms with Crippen molar-refractivity contribution < 1.29 is 13.2 Å². The highest BCUT2D eigenvalue weighted by Gasteiger charge is 2.32. The van der Waals surface area contributed by atoms with Crippen LogP contribution in [0.3, 0.4) is 0 Å². The quantitative estimate of drug-likeness (QED) is 0.837. The number of hydrogen-bond donors (Lipinski definition) is 1. The topological polar surface area (TPSA) is 80.5 Å². The second-order valence-corrected chi connectivity index (χ2v) is 8.45. The molecule has 2 aliphatic rings. The van der Waals surface area contributed by atoms with E-state index < -0.39 is 9.84 Å². The molecule has 2 fully saturated rings. The van der Waals surface area contributed by atoms with Crippen molar-refractivity contribution in [3.05, 3.63) is 0 Å². The second kappa shape index (κ2) is 6.43. The summed E-state index contributed by atoms with van der Waals surface area (Å²) in [5.41, 5.74) is 5.91. The molecule has 1 saturated carbocycles. The van der Waals surface area contributed by atoms with E-state index in [1.54, 1.807) is 0 Å². The third-order valence-electron chi connectivity index (χ3n) is 4.63. The first-order valence-corrected chi connectivity index (χ1v) is 9.49. The minimum Gasteiger partial charge on any atom is -0.340 e. The third kappa shape index (κ3) is 3.95. The molecule has 2 N–H and O–H groups in total. The molecule has 2 rings (SSSR count). The summed E-state index contributed by atoms with van der Waals surface area (Å²) in [6, 6.07) is 0.574. The summed E-state index contributed by atoms with van der Waals surface area (Å²) in [6.07, 6.45) is 4.93. The molecule has 116 valence electrons. The number of nitrogens with two attached hydrogens (primary N) is 1. The van der Waals surface area contributed by atoms with Gasteiger partial charge in [0.2, 0.25) is 5.91 Å². The SMILES string of the molecule is CCN(C(=O)CC1CCS(=O)(=O)C1)C1CCC(N)CC1. The minimum atomic E-state index is -2.89. The molecule has 0 aromatic heterocycles. The van der Waals surface area contributed by atoms with Gasteiger partial charge in [-0.25, -0.2) is 8.42 Å². The Morgan fingerprint density at radius 2 is 1.85 bits per heavy atom. The van der Waals surface area contributed by atoms with E-state index in [1.807, 2.05) is 11.8 Å². The normalized spacial score (nSPS) is 33.0. The summed E-state index contributed by atoms with van der Waals surface area (Å²) in [6.45, 7) is 2.70. The summed E-state index contributed by atoms with van der Waals surface area (Å²) in [7, 11) is -2.89. The summed E-state index contributed by atoms with van der Waals surface area (Å²) >= 11 is 0.